The van der Waals surface area contributed by atoms with Gasteiger partial charge in [-0.3, -0.25) is 9.78 Å². The highest BCUT2D eigenvalue weighted by molar-refractivity contribution is 6.35. The van der Waals surface area contributed by atoms with E-state index in [1.54, 1.807) is 18.1 Å². The molecule has 1 aromatic carbocycles. The van der Waals surface area contributed by atoms with E-state index in [9.17, 15) is 4.79 Å². The first-order chi connectivity index (χ1) is 10.0. The van der Waals surface area contributed by atoms with Crippen molar-refractivity contribution in [2.45, 2.75) is 26.4 Å². The van der Waals surface area contributed by atoms with Crippen molar-refractivity contribution in [3.05, 3.63) is 41.0 Å². The Morgan fingerprint density at radius 2 is 2.19 bits per heavy atom. The van der Waals surface area contributed by atoms with Gasteiger partial charge in [-0.25, -0.2) is 0 Å². The topological polar surface area (TPSA) is 45.2 Å². The Morgan fingerprint density at radius 1 is 1.43 bits per heavy atom. The number of hydrogen-bond donors (Lipinski definition) is 1. The number of carbonyl (C=O) groups excluding carboxylic acids is 1. The van der Waals surface area contributed by atoms with Gasteiger partial charge in [0.05, 0.1) is 11.6 Å². The molecule has 0 aliphatic rings. The van der Waals surface area contributed by atoms with Crippen molar-refractivity contribution >= 4 is 28.4 Å². The summed E-state index contributed by atoms with van der Waals surface area (Å²) in [4.78, 5) is 18.1. The van der Waals surface area contributed by atoms with E-state index in [2.05, 4.69) is 10.3 Å². The van der Waals surface area contributed by atoms with Crippen LogP contribution in [0.2, 0.25) is 5.02 Å². The zero-order valence-corrected chi connectivity index (χ0v) is 13.3. The van der Waals surface area contributed by atoms with Gasteiger partial charge in [0.1, 0.15) is 0 Å². The van der Waals surface area contributed by atoms with Crippen molar-refractivity contribution in [1.29, 1.82) is 0 Å². The summed E-state index contributed by atoms with van der Waals surface area (Å²) in [7, 11) is 1.81. The number of benzene rings is 1. The number of rotatable bonds is 5. The number of pyridine rings is 1. The summed E-state index contributed by atoms with van der Waals surface area (Å²) in [6.45, 7) is 5.12. The van der Waals surface area contributed by atoms with Crippen LogP contribution in [0.5, 0.6) is 0 Å². The normalized spacial score (nSPS) is 12.4. The van der Waals surface area contributed by atoms with Gasteiger partial charge in [0.2, 0.25) is 5.91 Å². The minimum Gasteiger partial charge on any atom is -0.345 e. The number of amides is 1. The van der Waals surface area contributed by atoms with Gasteiger partial charge < -0.3 is 10.2 Å². The average molecular weight is 306 g/mol. The summed E-state index contributed by atoms with van der Waals surface area (Å²) in [6, 6.07) is 7.41. The van der Waals surface area contributed by atoms with Crippen molar-refractivity contribution < 1.29 is 4.79 Å². The molecule has 0 radical (unpaired) electrons. The number of nitrogens with zero attached hydrogens (tertiary/aromatic N) is 2. The van der Waals surface area contributed by atoms with Gasteiger partial charge in [-0.2, -0.15) is 0 Å². The molecule has 2 rings (SSSR count). The van der Waals surface area contributed by atoms with Gasteiger partial charge in [0.15, 0.2) is 0 Å². The van der Waals surface area contributed by atoms with Crippen LogP contribution >= 0.6 is 11.6 Å². The molecule has 4 nitrogen and oxygen atoms in total. The molecule has 0 aliphatic carbocycles. The molecule has 1 unspecified atom stereocenters. The Balaban J connectivity index is 2.14. The van der Waals surface area contributed by atoms with Gasteiger partial charge in [0, 0.05) is 36.7 Å². The molecule has 0 aliphatic heterocycles. The smallest absolute Gasteiger partial charge is 0.239 e. The quantitative estimate of drug-likeness (QED) is 0.924. The second kappa shape index (κ2) is 6.87. The van der Waals surface area contributed by atoms with Crippen LogP contribution in [-0.4, -0.2) is 35.4 Å². The van der Waals surface area contributed by atoms with Gasteiger partial charge in [0.25, 0.3) is 0 Å². The maximum Gasteiger partial charge on any atom is 0.239 e. The molecule has 1 aromatic heterocycles. The molecule has 21 heavy (non-hydrogen) atoms. The number of hydrogen-bond acceptors (Lipinski definition) is 3. The predicted molar refractivity (Wildman–Crippen MR) is 86.4 cm³/mol. The van der Waals surface area contributed by atoms with E-state index in [4.69, 9.17) is 11.6 Å². The number of carbonyl (C=O) groups is 1. The van der Waals surface area contributed by atoms with Crippen LogP contribution < -0.4 is 5.32 Å². The fraction of sp³-hybridized carbons (Fsp3) is 0.375. The fourth-order valence-corrected chi connectivity index (χ4v) is 2.39. The highest BCUT2D eigenvalue weighted by Gasteiger charge is 2.16. The van der Waals surface area contributed by atoms with Crippen LogP contribution in [0.1, 0.15) is 19.4 Å². The second-order valence-corrected chi connectivity index (χ2v) is 5.47. The Labute approximate surface area is 130 Å². The van der Waals surface area contributed by atoms with Crippen molar-refractivity contribution in [3.63, 3.8) is 0 Å². The number of aromatic nitrogens is 1. The van der Waals surface area contributed by atoms with Crippen LogP contribution in [0.3, 0.4) is 0 Å². The standard InChI is InChI=1S/C16H20ClN3O/c1-4-20(3)16(21)11(2)19-10-12-7-8-14(17)13-6-5-9-18-15(12)13/h5-9,11,19H,4,10H2,1-3H3. The Bertz CT molecular complexity index is 644. The molecular formula is C16H20ClN3O. The van der Waals surface area contributed by atoms with Crippen molar-refractivity contribution in [2.75, 3.05) is 13.6 Å². The number of nitrogens with one attached hydrogen (secondary N) is 1. The molecule has 0 saturated heterocycles. The third-order valence-corrected chi connectivity index (χ3v) is 3.95. The van der Waals surface area contributed by atoms with E-state index in [1.165, 1.54) is 0 Å². The summed E-state index contributed by atoms with van der Waals surface area (Å²) in [5.74, 6) is 0.0868. The highest BCUT2D eigenvalue weighted by atomic mass is 35.5. The lowest BCUT2D eigenvalue weighted by Gasteiger charge is -2.20. The van der Waals surface area contributed by atoms with Crippen molar-refractivity contribution in [2.24, 2.45) is 0 Å². The first-order valence-corrected chi connectivity index (χ1v) is 7.42. The molecule has 112 valence electrons. The Morgan fingerprint density at radius 3 is 2.90 bits per heavy atom. The minimum atomic E-state index is -0.232. The fourth-order valence-electron chi connectivity index (χ4n) is 2.18. The zero-order chi connectivity index (χ0) is 15.4. The molecule has 0 bridgehead atoms. The number of likely N-dealkylation sites (N-methyl/N-ethyl adjacent to an activating group) is 1. The lowest BCUT2D eigenvalue weighted by molar-refractivity contribution is -0.131. The molecule has 1 amide bonds. The van der Waals surface area contributed by atoms with Gasteiger partial charge >= 0.3 is 0 Å². The Hall–Kier alpha value is -1.65. The summed E-state index contributed by atoms with van der Waals surface area (Å²) < 4.78 is 0. The summed E-state index contributed by atoms with van der Waals surface area (Å²) in [6.07, 6.45) is 1.75. The van der Waals surface area contributed by atoms with Crippen LogP contribution in [0.25, 0.3) is 10.9 Å². The van der Waals surface area contributed by atoms with E-state index < -0.39 is 0 Å². The third kappa shape index (κ3) is 3.52. The van der Waals surface area contributed by atoms with E-state index in [1.807, 2.05) is 38.1 Å². The molecule has 1 N–H and O–H groups in total. The van der Waals surface area contributed by atoms with Crippen LogP contribution in [0, 0.1) is 0 Å². The SMILES string of the molecule is CCN(C)C(=O)C(C)NCc1ccc(Cl)c2cccnc12. The lowest BCUT2D eigenvalue weighted by atomic mass is 10.1. The van der Waals surface area contributed by atoms with E-state index in [0.717, 1.165) is 16.5 Å². The first-order valence-electron chi connectivity index (χ1n) is 7.05. The first kappa shape index (κ1) is 15.7. The van der Waals surface area contributed by atoms with Crippen LogP contribution in [-0.2, 0) is 11.3 Å². The predicted octanol–water partition coefficient (Wildman–Crippen LogP) is 2.84. The molecule has 0 fully saturated rings. The monoisotopic (exact) mass is 305 g/mol. The zero-order valence-electron chi connectivity index (χ0n) is 12.6. The van der Waals surface area contributed by atoms with Gasteiger partial charge in [-0.05, 0) is 37.6 Å². The number of halogens is 1. The molecule has 5 heteroatoms. The summed E-state index contributed by atoms with van der Waals surface area (Å²) in [5, 5.41) is 4.88. The maximum atomic E-state index is 12.0. The van der Waals surface area contributed by atoms with Crippen LogP contribution in [0.4, 0.5) is 0 Å². The highest BCUT2D eigenvalue weighted by Crippen LogP contribution is 2.24. The van der Waals surface area contributed by atoms with Crippen LogP contribution in [0.15, 0.2) is 30.5 Å². The summed E-state index contributed by atoms with van der Waals surface area (Å²) >= 11 is 6.18. The lowest BCUT2D eigenvalue weighted by Crippen LogP contribution is -2.42. The summed E-state index contributed by atoms with van der Waals surface area (Å²) in [5.41, 5.74) is 1.91. The molecule has 0 spiro atoms. The second-order valence-electron chi connectivity index (χ2n) is 5.06. The average Bonchev–Trinajstić information content (AvgIpc) is 2.52. The minimum absolute atomic E-state index is 0.0868. The van der Waals surface area contributed by atoms with Crippen molar-refractivity contribution in [1.82, 2.24) is 15.2 Å². The number of fused-ring (bicyclic) bond motifs is 1. The molecular weight excluding hydrogens is 286 g/mol. The molecule has 0 saturated carbocycles. The largest absolute Gasteiger partial charge is 0.345 e. The van der Waals surface area contributed by atoms with Crippen molar-refractivity contribution in [3.8, 4) is 0 Å². The molecule has 1 atom stereocenters. The van der Waals surface area contributed by atoms with Gasteiger partial charge in [-0.1, -0.05) is 17.7 Å². The Kier molecular flexibility index (Phi) is 5.15. The van der Waals surface area contributed by atoms with Gasteiger partial charge in [-0.15, -0.1) is 0 Å². The van der Waals surface area contributed by atoms with E-state index in [0.29, 0.717) is 18.1 Å². The molecule has 1 heterocycles. The van der Waals surface area contributed by atoms with E-state index in [-0.39, 0.29) is 11.9 Å². The molecule has 2 aromatic rings. The van der Waals surface area contributed by atoms with E-state index >= 15 is 0 Å². The maximum absolute atomic E-state index is 12.0. The third-order valence-electron chi connectivity index (χ3n) is 3.62.